The van der Waals surface area contributed by atoms with Gasteiger partial charge in [0.25, 0.3) is 0 Å². The van der Waals surface area contributed by atoms with Crippen LogP contribution < -0.4 is 4.90 Å². The number of ether oxygens (including phenoxy) is 1. The van der Waals surface area contributed by atoms with Gasteiger partial charge in [0.05, 0.1) is 24.7 Å². The van der Waals surface area contributed by atoms with Crippen LogP contribution in [-0.2, 0) is 16.0 Å². The number of carbonyl (C=O) groups excluding carboxylic acids is 1. The lowest BCUT2D eigenvalue weighted by Gasteiger charge is -2.35. The van der Waals surface area contributed by atoms with Crippen molar-refractivity contribution in [2.75, 3.05) is 19.1 Å². The number of pyridine rings is 1. The topological polar surface area (TPSA) is 42.4 Å². The molecule has 0 aliphatic heterocycles. The van der Waals surface area contributed by atoms with Crippen molar-refractivity contribution >= 4 is 22.6 Å². The summed E-state index contributed by atoms with van der Waals surface area (Å²) < 4.78 is 18.8. The van der Waals surface area contributed by atoms with Crippen LogP contribution in [0.1, 0.15) is 43.4 Å². The average molecular weight is 344 g/mol. The van der Waals surface area contributed by atoms with E-state index in [0.29, 0.717) is 6.04 Å². The molecule has 134 valence electrons. The molecule has 3 rings (SSSR count). The van der Waals surface area contributed by atoms with Gasteiger partial charge in [-0.3, -0.25) is 9.78 Å². The number of aromatic nitrogens is 1. The minimum Gasteiger partial charge on any atom is -0.469 e. The molecule has 5 heteroatoms. The van der Waals surface area contributed by atoms with E-state index >= 15 is 0 Å². The number of methoxy groups -OCH3 is 1. The molecule has 4 nitrogen and oxygen atoms in total. The van der Waals surface area contributed by atoms with E-state index < -0.39 is 0 Å². The lowest BCUT2D eigenvalue weighted by molar-refractivity contribution is -0.139. The van der Waals surface area contributed by atoms with E-state index in [1.165, 1.54) is 38.5 Å². The number of rotatable bonds is 4. The monoisotopic (exact) mass is 344 g/mol. The molecule has 2 aromatic rings. The van der Waals surface area contributed by atoms with Crippen molar-refractivity contribution in [1.82, 2.24) is 4.98 Å². The maximum atomic E-state index is 13.9. The summed E-state index contributed by atoms with van der Waals surface area (Å²) in [7, 11) is 3.44. The summed E-state index contributed by atoms with van der Waals surface area (Å²) in [5.41, 5.74) is 3.30. The lowest BCUT2D eigenvalue weighted by Crippen LogP contribution is -2.34. The highest BCUT2D eigenvalue weighted by molar-refractivity contribution is 5.95. The molecule has 25 heavy (non-hydrogen) atoms. The van der Waals surface area contributed by atoms with Gasteiger partial charge in [0, 0.05) is 29.7 Å². The zero-order valence-corrected chi connectivity index (χ0v) is 15.1. The fraction of sp³-hybridized carbons (Fsp3) is 0.500. The van der Waals surface area contributed by atoms with Gasteiger partial charge in [0.1, 0.15) is 5.82 Å². The van der Waals surface area contributed by atoms with E-state index in [1.54, 1.807) is 6.07 Å². The Morgan fingerprint density at radius 3 is 2.72 bits per heavy atom. The lowest BCUT2D eigenvalue weighted by atomic mass is 9.92. The fourth-order valence-corrected chi connectivity index (χ4v) is 3.86. The second-order valence-corrected chi connectivity index (χ2v) is 6.84. The fourth-order valence-electron chi connectivity index (χ4n) is 3.86. The Kier molecular flexibility index (Phi) is 5.21. The predicted molar refractivity (Wildman–Crippen MR) is 97.4 cm³/mol. The van der Waals surface area contributed by atoms with Crippen LogP contribution in [0.5, 0.6) is 0 Å². The summed E-state index contributed by atoms with van der Waals surface area (Å²) in [5.74, 6) is -0.598. The average Bonchev–Trinajstić information content (AvgIpc) is 2.63. The Balaban J connectivity index is 2.17. The standard InChI is InChI=1S/C20H25FN2O2/c1-13-16(12-19(24)25-3)20(23(2)15-7-5-4-6-8-15)17-11-14(21)9-10-18(17)22-13/h9-11,15H,4-8,12H2,1-3H3. The predicted octanol–water partition coefficient (Wildman–Crippen LogP) is 4.17. The molecule has 0 saturated heterocycles. The van der Waals surface area contributed by atoms with E-state index in [-0.39, 0.29) is 18.2 Å². The highest BCUT2D eigenvalue weighted by Gasteiger charge is 2.25. The molecule has 1 heterocycles. The molecule has 1 aromatic carbocycles. The number of esters is 1. The largest absolute Gasteiger partial charge is 0.469 e. The van der Waals surface area contributed by atoms with Gasteiger partial charge in [-0.1, -0.05) is 19.3 Å². The molecule has 0 atom stereocenters. The van der Waals surface area contributed by atoms with Crippen LogP contribution in [0.25, 0.3) is 10.9 Å². The molecule has 0 amide bonds. The molecule has 0 N–H and O–H groups in total. The van der Waals surface area contributed by atoms with Gasteiger partial charge in [-0.05, 0) is 38.0 Å². The van der Waals surface area contributed by atoms with Crippen molar-refractivity contribution in [2.45, 2.75) is 51.5 Å². The molecular weight excluding hydrogens is 319 g/mol. The van der Waals surface area contributed by atoms with Crippen LogP contribution in [0.2, 0.25) is 0 Å². The summed E-state index contributed by atoms with van der Waals surface area (Å²) in [6, 6.07) is 5.06. The summed E-state index contributed by atoms with van der Waals surface area (Å²) in [5, 5.41) is 0.762. The van der Waals surface area contributed by atoms with Gasteiger partial charge in [0.2, 0.25) is 0 Å². The Morgan fingerprint density at radius 2 is 2.04 bits per heavy atom. The van der Waals surface area contributed by atoms with Crippen LogP contribution in [-0.4, -0.2) is 31.2 Å². The third-order valence-corrected chi connectivity index (χ3v) is 5.25. The third kappa shape index (κ3) is 3.60. The van der Waals surface area contributed by atoms with Crippen LogP contribution >= 0.6 is 0 Å². The quantitative estimate of drug-likeness (QED) is 0.781. The first-order valence-electron chi connectivity index (χ1n) is 8.89. The first-order chi connectivity index (χ1) is 12.0. The van der Waals surface area contributed by atoms with Crippen molar-refractivity contribution in [3.63, 3.8) is 0 Å². The number of nitrogens with zero attached hydrogens (tertiary/aromatic N) is 2. The number of hydrogen-bond donors (Lipinski definition) is 0. The summed E-state index contributed by atoms with van der Waals surface area (Å²) in [6.07, 6.45) is 6.06. The molecule has 0 radical (unpaired) electrons. The zero-order valence-electron chi connectivity index (χ0n) is 15.1. The maximum absolute atomic E-state index is 13.9. The summed E-state index contributed by atoms with van der Waals surface area (Å²) >= 11 is 0. The zero-order chi connectivity index (χ0) is 18.0. The number of anilines is 1. The van der Waals surface area contributed by atoms with Gasteiger partial charge in [0.15, 0.2) is 0 Å². The number of carbonyl (C=O) groups is 1. The SMILES string of the molecule is COC(=O)Cc1c(C)nc2ccc(F)cc2c1N(C)C1CCCCC1. The van der Waals surface area contributed by atoms with Crippen LogP contribution in [0.3, 0.4) is 0 Å². The normalized spacial score (nSPS) is 15.4. The molecular formula is C20H25FN2O2. The van der Waals surface area contributed by atoms with Crippen molar-refractivity contribution in [1.29, 1.82) is 0 Å². The minimum atomic E-state index is -0.307. The van der Waals surface area contributed by atoms with Gasteiger partial charge in [-0.25, -0.2) is 4.39 Å². The van der Waals surface area contributed by atoms with Crippen molar-refractivity contribution in [2.24, 2.45) is 0 Å². The van der Waals surface area contributed by atoms with Gasteiger partial charge < -0.3 is 9.64 Å². The highest BCUT2D eigenvalue weighted by atomic mass is 19.1. The molecule has 1 aliphatic carbocycles. The van der Waals surface area contributed by atoms with Crippen LogP contribution in [0.15, 0.2) is 18.2 Å². The Morgan fingerprint density at radius 1 is 1.32 bits per heavy atom. The van der Waals surface area contributed by atoms with E-state index in [1.807, 2.05) is 6.92 Å². The van der Waals surface area contributed by atoms with Crippen LogP contribution in [0, 0.1) is 12.7 Å². The van der Waals surface area contributed by atoms with Gasteiger partial charge in [-0.2, -0.15) is 0 Å². The van der Waals surface area contributed by atoms with E-state index in [2.05, 4.69) is 16.9 Å². The van der Waals surface area contributed by atoms with Gasteiger partial charge >= 0.3 is 5.97 Å². The van der Waals surface area contributed by atoms with E-state index in [0.717, 1.165) is 40.7 Å². The third-order valence-electron chi connectivity index (χ3n) is 5.25. The molecule has 0 unspecified atom stereocenters. The number of aryl methyl sites for hydroxylation is 1. The van der Waals surface area contributed by atoms with Crippen molar-refractivity contribution < 1.29 is 13.9 Å². The molecule has 1 aliphatic rings. The first-order valence-corrected chi connectivity index (χ1v) is 8.89. The Bertz CT molecular complexity index is 785. The number of hydrogen-bond acceptors (Lipinski definition) is 4. The second kappa shape index (κ2) is 7.38. The number of halogens is 1. The number of benzene rings is 1. The number of fused-ring (bicyclic) bond motifs is 1. The van der Waals surface area contributed by atoms with Gasteiger partial charge in [-0.15, -0.1) is 0 Å². The molecule has 1 fully saturated rings. The Labute approximate surface area is 148 Å². The van der Waals surface area contributed by atoms with Crippen molar-refractivity contribution in [3.8, 4) is 0 Å². The van der Waals surface area contributed by atoms with E-state index in [9.17, 15) is 9.18 Å². The Hall–Kier alpha value is -2.17. The molecule has 1 saturated carbocycles. The minimum absolute atomic E-state index is 0.147. The van der Waals surface area contributed by atoms with Crippen molar-refractivity contribution in [3.05, 3.63) is 35.3 Å². The smallest absolute Gasteiger partial charge is 0.310 e. The molecule has 0 spiro atoms. The second-order valence-electron chi connectivity index (χ2n) is 6.84. The van der Waals surface area contributed by atoms with E-state index in [4.69, 9.17) is 4.74 Å². The van der Waals surface area contributed by atoms with Crippen LogP contribution in [0.4, 0.5) is 10.1 Å². The first kappa shape index (κ1) is 17.6. The molecule has 1 aromatic heterocycles. The molecule has 0 bridgehead atoms. The summed E-state index contributed by atoms with van der Waals surface area (Å²) in [4.78, 5) is 18.8. The summed E-state index contributed by atoms with van der Waals surface area (Å²) in [6.45, 7) is 1.90. The highest BCUT2D eigenvalue weighted by Crippen LogP contribution is 2.36. The maximum Gasteiger partial charge on any atom is 0.310 e.